The molecule has 2 aliphatic heterocycles. The zero-order chi connectivity index (χ0) is 20.1. The minimum atomic E-state index is -3.70. The van der Waals surface area contributed by atoms with Crippen LogP contribution in [0.15, 0.2) is 41.8 Å². The normalized spacial score (nSPS) is 18.6. The molecular weight excluding hydrogens is 380 g/mol. The van der Waals surface area contributed by atoms with Crippen molar-refractivity contribution >= 4 is 27.6 Å². The smallest absolute Gasteiger partial charge is 0.320 e. The Bertz CT molecular complexity index is 841. The van der Waals surface area contributed by atoms with Crippen molar-refractivity contribution < 1.29 is 18.0 Å². The van der Waals surface area contributed by atoms with Crippen molar-refractivity contribution in [3.63, 3.8) is 0 Å². The molecule has 0 unspecified atom stereocenters. The minimum Gasteiger partial charge on any atom is -0.325 e. The van der Waals surface area contributed by atoms with Crippen LogP contribution in [0.5, 0.6) is 0 Å². The molecule has 28 heavy (non-hydrogen) atoms. The Morgan fingerprint density at radius 2 is 1.61 bits per heavy atom. The van der Waals surface area contributed by atoms with Crippen LogP contribution in [0.1, 0.15) is 19.3 Å². The lowest BCUT2D eigenvalue weighted by molar-refractivity contribution is -0.111. The molecule has 0 saturated carbocycles. The molecule has 2 saturated heterocycles. The first-order chi connectivity index (χ1) is 13.4. The van der Waals surface area contributed by atoms with Crippen LogP contribution in [-0.2, 0) is 14.8 Å². The molecule has 3 amide bonds. The number of carbonyl (C=O) groups excluding carboxylic acids is 2. The van der Waals surface area contributed by atoms with E-state index in [1.807, 2.05) is 4.90 Å². The summed E-state index contributed by atoms with van der Waals surface area (Å²) in [5.74, 6) is -0.403. The van der Waals surface area contributed by atoms with E-state index in [4.69, 9.17) is 0 Å². The van der Waals surface area contributed by atoms with Crippen LogP contribution >= 0.6 is 0 Å². The van der Waals surface area contributed by atoms with E-state index in [0.29, 0.717) is 18.8 Å². The largest absolute Gasteiger partial charge is 0.325 e. The van der Waals surface area contributed by atoms with E-state index in [-0.39, 0.29) is 24.0 Å². The summed E-state index contributed by atoms with van der Waals surface area (Å²) >= 11 is 0. The van der Waals surface area contributed by atoms with Gasteiger partial charge in [0.2, 0.25) is 15.9 Å². The van der Waals surface area contributed by atoms with Crippen LogP contribution in [0, 0.1) is 0 Å². The van der Waals surface area contributed by atoms with E-state index in [1.165, 1.54) is 16.4 Å². The van der Waals surface area contributed by atoms with Gasteiger partial charge in [0, 0.05) is 45.0 Å². The highest BCUT2D eigenvalue weighted by Gasteiger charge is 2.32. The molecule has 1 aromatic rings. The first kappa shape index (κ1) is 20.3. The molecule has 152 valence electrons. The number of nitrogens with zero attached hydrogens (tertiary/aromatic N) is 3. The summed E-state index contributed by atoms with van der Waals surface area (Å²) in [6.45, 7) is 6.20. The molecule has 0 aliphatic carbocycles. The van der Waals surface area contributed by atoms with E-state index in [9.17, 15) is 18.0 Å². The molecule has 1 aromatic carbocycles. The molecule has 9 heteroatoms. The van der Waals surface area contributed by atoms with Crippen molar-refractivity contribution in [2.24, 2.45) is 0 Å². The third kappa shape index (κ3) is 4.53. The second kappa shape index (κ2) is 8.74. The summed E-state index contributed by atoms with van der Waals surface area (Å²) < 4.78 is 27.3. The lowest BCUT2D eigenvalue weighted by Gasteiger charge is -2.38. The molecule has 2 fully saturated rings. The maximum absolute atomic E-state index is 13.0. The van der Waals surface area contributed by atoms with Gasteiger partial charge in [-0.1, -0.05) is 12.6 Å². The van der Waals surface area contributed by atoms with Gasteiger partial charge in [0.25, 0.3) is 0 Å². The van der Waals surface area contributed by atoms with Crippen molar-refractivity contribution in [3.05, 3.63) is 36.9 Å². The number of rotatable bonds is 4. The summed E-state index contributed by atoms with van der Waals surface area (Å²) in [6, 6.07) is 6.15. The summed E-state index contributed by atoms with van der Waals surface area (Å²) in [6.07, 6.45) is 4.33. The fraction of sp³-hybridized carbons (Fsp3) is 0.474. The second-order valence-electron chi connectivity index (χ2n) is 6.94. The number of urea groups is 1. The monoisotopic (exact) mass is 406 g/mol. The average Bonchev–Trinajstić information content (AvgIpc) is 2.74. The van der Waals surface area contributed by atoms with Gasteiger partial charge in [0.1, 0.15) is 0 Å². The molecule has 0 aromatic heterocycles. The molecular formula is C19H26N4O4S. The van der Waals surface area contributed by atoms with Crippen molar-refractivity contribution in [2.45, 2.75) is 24.2 Å². The van der Waals surface area contributed by atoms with Crippen LogP contribution in [0.25, 0.3) is 0 Å². The predicted molar refractivity (Wildman–Crippen MR) is 106 cm³/mol. The number of sulfonamides is 1. The topological polar surface area (TPSA) is 90.0 Å². The van der Waals surface area contributed by atoms with Crippen LogP contribution < -0.4 is 5.32 Å². The number of amides is 3. The van der Waals surface area contributed by atoms with E-state index in [0.717, 1.165) is 38.4 Å². The van der Waals surface area contributed by atoms with Crippen molar-refractivity contribution in [1.82, 2.24) is 14.1 Å². The molecule has 8 nitrogen and oxygen atoms in total. The van der Waals surface area contributed by atoms with Gasteiger partial charge in [-0.2, -0.15) is 4.31 Å². The van der Waals surface area contributed by atoms with Crippen molar-refractivity contribution in [3.8, 4) is 0 Å². The number of nitrogens with one attached hydrogen (secondary N) is 1. The number of piperazine rings is 1. The maximum atomic E-state index is 13.0. The molecule has 0 bridgehead atoms. The zero-order valence-electron chi connectivity index (χ0n) is 15.8. The molecule has 0 radical (unpaired) electrons. The van der Waals surface area contributed by atoms with Crippen LogP contribution in [-0.4, -0.2) is 73.7 Å². The standard InChI is InChI=1S/C19H26N4O4S/c1-2-18(24)20-16-7-6-8-17(15-16)28(26,27)23-13-11-22(12-14-23)19(25)21-9-4-3-5-10-21/h2,6-8,15H,1,3-5,9-14H2,(H,20,24). The molecule has 2 heterocycles. The van der Waals surface area contributed by atoms with Crippen LogP contribution in [0.2, 0.25) is 0 Å². The Labute approximate surface area is 165 Å². The predicted octanol–water partition coefficient (Wildman–Crippen LogP) is 1.72. The van der Waals surface area contributed by atoms with Gasteiger partial charge in [-0.3, -0.25) is 4.79 Å². The lowest BCUT2D eigenvalue weighted by Crippen LogP contribution is -2.54. The molecule has 1 N–H and O–H groups in total. The van der Waals surface area contributed by atoms with Crippen molar-refractivity contribution in [2.75, 3.05) is 44.6 Å². The number of hydrogen-bond donors (Lipinski definition) is 1. The summed E-state index contributed by atoms with van der Waals surface area (Å²) in [5.41, 5.74) is 0.393. The fourth-order valence-electron chi connectivity index (χ4n) is 3.48. The van der Waals surface area contributed by atoms with Crippen molar-refractivity contribution in [1.29, 1.82) is 0 Å². The highest BCUT2D eigenvalue weighted by Crippen LogP contribution is 2.22. The maximum Gasteiger partial charge on any atom is 0.320 e. The molecule has 2 aliphatic rings. The minimum absolute atomic E-state index is 0.00545. The van der Waals surface area contributed by atoms with E-state index in [2.05, 4.69) is 11.9 Å². The third-order valence-corrected chi connectivity index (χ3v) is 6.96. The van der Waals surface area contributed by atoms with Gasteiger partial charge in [0.05, 0.1) is 4.90 Å². The highest BCUT2D eigenvalue weighted by molar-refractivity contribution is 7.89. The Balaban J connectivity index is 1.64. The zero-order valence-corrected chi connectivity index (χ0v) is 16.7. The molecule has 0 atom stereocenters. The SMILES string of the molecule is C=CC(=O)Nc1cccc(S(=O)(=O)N2CCN(C(=O)N3CCCCC3)CC2)c1. The quantitative estimate of drug-likeness (QED) is 0.771. The van der Waals surface area contributed by atoms with Gasteiger partial charge in [-0.15, -0.1) is 0 Å². The number of benzene rings is 1. The summed E-state index contributed by atoms with van der Waals surface area (Å²) in [4.78, 5) is 27.7. The summed E-state index contributed by atoms with van der Waals surface area (Å²) in [5, 5.41) is 2.57. The molecule has 0 spiro atoms. The number of piperidine rings is 1. The second-order valence-corrected chi connectivity index (χ2v) is 8.88. The van der Waals surface area contributed by atoms with E-state index >= 15 is 0 Å². The Morgan fingerprint density at radius 3 is 2.25 bits per heavy atom. The van der Waals surface area contributed by atoms with Gasteiger partial charge >= 0.3 is 6.03 Å². The summed E-state index contributed by atoms with van der Waals surface area (Å²) in [7, 11) is -3.70. The van der Waals surface area contributed by atoms with E-state index in [1.54, 1.807) is 17.0 Å². The molecule has 3 rings (SSSR count). The van der Waals surface area contributed by atoms with Crippen LogP contribution in [0.3, 0.4) is 0 Å². The number of hydrogen-bond acceptors (Lipinski definition) is 4. The lowest BCUT2D eigenvalue weighted by atomic mass is 10.1. The van der Waals surface area contributed by atoms with Gasteiger partial charge in [-0.25, -0.2) is 13.2 Å². The van der Waals surface area contributed by atoms with Crippen LogP contribution in [0.4, 0.5) is 10.5 Å². The number of carbonyl (C=O) groups is 2. The number of likely N-dealkylation sites (tertiary alicyclic amines) is 1. The van der Waals surface area contributed by atoms with Gasteiger partial charge in [-0.05, 0) is 43.5 Å². The Morgan fingerprint density at radius 1 is 0.964 bits per heavy atom. The first-order valence-corrected chi connectivity index (χ1v) is 10.9. The third-order valence-electron chi connectivity index (χ3n) is 5.06. The fourth-order valence-corrected chi connectivity index (χ4v) is 4.95. The van der Waals surface area contributed by atoms with E-state index < -0.39 is 15.9 Å². The van der Waals surface area contributed by atoms with Gasteiger partial charge < -0.3 is 15.1 Å². The number of anilines is 1. The first-order valence-electron chi connectivity index (χ1n) is 9.49. The Hall–Kier alpha value is -2.39. The average molecular weight is 407 g/mol. The highest BCUT2D eigenvalue weighted by atomic mass is 32.2. The Kier molecular flexibility index (Phi) is 6.35. The van der Waals surface area contributed by atoms with Gasteiger partial charge in [0.15, 0.2) is 0 Å².